The maximum Gasteiger partial charge on any atom is 0.120 e. The molecule has 4 heteroatoms. The van der Waals surface area contributed by atoms with E-state index in [0.717, 1.165) is 22.6 Å². The van der Waals surface area contributed by atoms with E-state index >= 15 is 0 Å². The standard InChI is InChI=1S/C15H18N2O2/c1-18-10-12-4-2-6-14(8-12)19-11-13-5-3-7-17-15(13)9-16/h2-8H,9-11,16H2,1H3. The molecule has 0 amide bonds. The molecule has 0 saturated heterocycles. The van der Waals surface area contributed by atoms with Gasteiger partial charge in [0.15, 0.2) is 0 Å². The van der Waals surface area contributed by atoms with E-state index in [1.54, 1.807) is 13.3 Å². The van der Waals surface area contributed by atoms with Crippen LogP contribution in [0.15, 0.2) is 42.6 Å². The van der Waals surface area contributed by atoms with Crippen molar-refractivity contribution >= 4 is 0 Å². The number of nitrogens with zero attached hydrogens (tertiary/aromatic N) is 1. The van der Waals surface area contributed by atoms with E-state index in [9.17, 15) is 0 Å². The van der Waals surface area contributed by atoms with Crippen molar-refractivity contribution < 1.29 is 9.47 Å². The molecule has 0 radical (unpaired) electrons. The summed E-state index contributed by atoms with van der Waals surface area (Å²) < 4.78 is 10.9. The van der Waals surface area contributed by atoms with Crippen LogP contribution in [0.2, 0.25) is 0 Å². The molecule has 0 aliphatic heterocycles. The van der Waals surface area contributed by atoms with E-state index in [4.69, 9.17) is 15.2 Å². The zero-order chi connectivity index (χ0) is 13.5. The first-order valence-corrected chi connectivity index (χ1v) is 6.17. The lowest BCUT2D eigenvalue weighted by Gasteiger charge is -2.10. The Labute approximate surface area is 113 Å². The smallest absolute Gasteiger partial charge is 0.120 e. The van der Waals surface area contributed by atoms with Gasteiger partial charge in [0.25, 0.3) is 0 Å². The molecule has 0 aliphatic carbocycles. The summed E-state index contributed by atoms with van der Waals surface area (Å²) in [5.41, 5.74) is 8.62. The maximum atomic E-state index is 5.77. The van der Waals surface area contributed by atoms with Crippen LogP contribution in [0.25, 0.3) is 0 Å². The number of hydrogen-bond acceptors (Lipinski definition) is 4. The summed E-state index contributed by atoms with van der Waals surface area (Å²) in [6.45, 7) is 1.47. The minimum absolute atomic E-state index is 0.420. The first-order chi connectivity index (χ1) is 9.33. The molecule has 0 unspecified atom stereocenters. The van der Waals surface area contributed by atoms with Gasteiger partial charge in [-0.3, -0.25) is 4.98 Å². The fourth-order valence-corrected chi connectivity index (χ4v) is 1.84. The molecule has 1 heterocycles. The minimum Gasteiger partial charge on any atom is -0.489 e. The molecule has 1 aromatic carbocycles. The summed E-state index contributed by atoms with van der Waals surface area (Å²) >= 11 is 0. The summed E-state index contributed by atoms with van der Waals surface area (Å²) in [5.74, 6) is 0.821. The Bertz CT molecular complexity index is 529. The lowest BCUT2D eigenvalue weighted by Crippen LogP contribution is -2.06. The Balaban J connectivity index is 2.03. The van der Waals surface area contributed by atoms with Crippen LogP contribution in [-0.2, 0) is 24.5 Å². The molecule has 19 heavy (non-hydrogen) atoms. The fourth-order valence-electron chi connectivity index (χ4n) is 1.84. The molecule has 0 fully saturated rings. The van der Waals surface area contributed by atoms with Crippen LogP contribution >= 0.6 is 0 Å². The number of benzene rings is 1. The van der Waals surface area contributed by atoms with Gasteiger partial charge in [0.05, 0.1) is 12.3 Å². The number of methoxy groups -OCH3 is 1. The van der Waals surface area contributed by atoms with Gasteiger partial charge in [-0.1, -0.05) is 18.2 Å². The monoisotopic (exact) mass is 258 g/mol. The molecule has 0 bridgehead atoms. The van der Waals surface area contributed by atoms with E-state index in [1.807, 2.05) is 36.4 Å². The van der Waals surface area contributed by atoms with Crippen molar-refractivity contribution in [2.24, 2.45) is 5.73 Å². The summed E-state index contributed by atoms with van der Waals surface area (Å²) in [6.07, 6.45) is 1.74. The van der Waals surface area contributed by atoms with E-state index in [0.29, 0.717) is 19.8 Å². The van der Waals surface area contributed by atoms with Crippen molar-refractivity contribution in [3.8, 4) is 5.75 Å². The average molecular weight is 258 g/mol. The first-order valence-electron chi connectivity index (χ1n) is 6.17. The highest BCUT2D eigenvalue weighted by Gasteiger charge is 2.03. The number of hydrogen-bond donors (Lipinski definition) is 1. The topological polar surface area (TPSA) is 57.4 Å². The van der Waals surface area contributed by atoms with Gasteiger partial charge < -0.3 is 15.2 Å². The SMILES string of the molecule is COCc1cccc(OCc2cccnc2CN)c1. The van der Waals surface area contributed by atoms with Gasteiger partial charge in [0, 0.05) is 25.4 Å². The van der Waals surface area contributed by atoms with Crippen LogP contribution in [0.3, 0.4) is 0 Å². The average Bonchev–Trinajstić information content (AvgIpc) is 2.46. The largest absolute Gasteiger partial charge is 0.489 e. The van der Waals surface area contributed by atoms with Gasteiger partial charge >= 0.3 is 0 Å². The minimum atomic E-state index is 0.420. The van der Waals surface area contributed by atoms with Crippen LogP contribution in [0.4, 0.5) is 0 Å². The van der Waals surface area contributed by atoms with Crippen molar-refractivity contribution in [3.05, 3.63) is 59.4 Å². The van der Waals surface area contributed by atoms with Gasteiger partial charge in [-0.2, -0.15) is 0 Å². The summed E-state index contributed by atoms with van der Waals surface area (Å²) in [5, 5.41) is 0. The molecule has 2 aromatic rings. The van der Waals surface area contributed by atoms with Crippen LogP contribution in [0.1, 0.15) is 16.8 Å². The first kappa shape index (κ1) is 13.5. The van der Waals surface area contributed by atoms with E-state index < -0.39 is 0 Å². The summed E-state index contributed by atoms with van der Waals surface area (Å²) in [4.78, 5) is 4.23. The lowest BCUT2D eigenvalue weighted by molar-refractivity contribution is 0.184. The molecule has 2 rings (SSSR count). The molecule has 0 spiro atoms. The van der Waals surface area contributed by atoms with Crippen LogP contribution < -0.4 is 10.5 Å². The molecule has 1 aromatic heterocycles. The zero-order valence-electron chi connectivity index (χ0n) is 11.0. The number of rotatable bonds is 6. The van der Waals surface area contributed by atoms with Crippen molar-refractivity contribution in [3.63, 3.8) is 0 Å². The van der Waals surface area contributed by atoms with Crippen LogP contribution in [0.5, 0.6) is 5.75 Å². The maximum absolute atomic E-state index is 5.77. The number of ether oxygens (including phenoxy) is 2. The van der Waals surface area contributed by atoms with Crippen molar-refractivity contribution in [2.75, 3.05) is 7.11 Å². The summed E-state index contributed by atoms with van der Waals surface area (Å²) in [6, 6.07) is 11.7. The second kappa shape index (κ2) is 6.87. The van der Waals surface area contributed by atoms with Crippen LogP contribution in [-0.4, -0.2) is 12.1 Å². The van der Waals surface area contributed by atoms with Gasteiger partial charge in [-0.25, -0.2) is 0 Å². The summed E-state index contributed by atoms with van der Waals surface area (Å²) in [7, 11) is 1.68. The Morgan fingerprint density at radius 1 is 1.16 bits per heavy atom. The number of pyridine rings is 1. The molecule has 4 nitrogen and oxygen atoms in total. The van der Waals surface area contributed by atoms with Gasteiger partial charge in [-0.05, 0) is 23.8 Å². The molecule has 100 valence electrons. The lowest BCUT2D eigenvalue weighted by atomic mass is 10.2. The van der Waals surface area contributed by atoms with Gasteiger partial charge in [0.2, 0.25) is 0 Å². The number of nitrogens with two attached hydrogens (primary N) is 1. The molecule has 2 N–H and O–H groups in total. The second-order valence-electron chi connectivity index (χ2n) is 4.18. The normalized spacial score (nSPS) is 10.4. The molecular formula is C15H18N2O2. The van der Waals surface area contributed by atoms with Crippen molar-refractivity contribution in [1.82, 2.24) is 4.98 Å². The highest BCUT2D eigenvalue weighted by atomic mass is 16.5. The Morgan fingerprint density at radius 2 is 2.05 bits per heavy atom. The van der Waals surface area contributed by atoms with E-state index in [2.05, 4.69) is 4.98 Å². The predicted molar refractivity (Wildman–Crippen MR) is 73.6 cm³/mol. The highest BCUT2D eigenvalue weighted by molar-refractivity contribution is 5.29. The third-order valence-corrected chi connectivity index (χ3v) is 2.78. The Kier molecular flexibility index (Phi) is 4.89. The highest BCUT2D eigenvalue weighted by Crippen LogP contribution is 2.16. The molecule has 0 aliphatic rings. The van der Waals surface area contributed by atoms with Gasteiger partial charge in [-0.15, -0.1) is 0 Å². The zero-order valence-corrected chi connectivity index (χ0v) is 11.0. The van der Waals surface area contributed by atoms with Crippen molar-refractivity contribution in [1.29, 1.82) is 0 Å². The fraction of sp³-hybridized carbons (Fsp3) is 0.267. The molecular weight excluding hydrogens is 240 g/mol. The predicted octanol–water partition coefficient (Wildman–Crippen LogP) is 2.27. The van der Waals surface area contributed by atoms with E-state index in [-0.39, 0.29) is 0 Å². The van der Waals surface area contributed by atoms with E-state index in [1.165, 1.54) is 0 Å². The quantitative estimate of drug-likeness (QED) is 0.863. The van der Waals surface area contributed by atoms with Crippen molar-refractivity contribution in [2.45, 2.75) is 19.8 Å². The Morgan fingerprint density at radius 3 is 2.84 bits per heavy atom. The van der Waals surface area contributed by atoms with Gasteiger partial charge in [0.1, 0.15) is 12.4 Å². The molecule has 0 atom stereocenters. The third-order valence-electron chi connectivity index (χ3n) is 2.78. The Hall–Kier alpha value is -1.91. The van der Waals surface area contributed by atoms with Crippen LogP contribution in [0, 0.1) is 0 Å². The second-order valence-corrected chi connectivity index (χ2v) is 4.18. The molecule has 0 saturated carbocycles. The third kappa shape index (κ3) is 3.77. The number of aromatic nitrogens is 1.